The second-order valence-corrected chi connectivity index (χ2v) is 10.6. The number of hydrogen-bond donors (Lipinski definition) is 0. The monoisotopic (exact) mass is 462 g/mol. The van der Waals surface area contributed by atoms with Gasteiger partial charge in [0.05, 0.1) is 23.1 Å². The van der Waals surface area contributed by atoms with Crippen molar-refractivity contribution in [3.63, 3.8) is 0 Å². The van der Waals surface area contributed by atoms with Gasteiger partial charge in [-0.15, -0.1) is 0 Å². The fraction of sp³-hybridized carbons (Fsp3) is 0.519. The van der Waals surface area contributed by atoms with Crippen molar-refractivity contribution in [1.29, 1.82) is 0 Å². The van der Waals surface area contributed by atoms with Gasteiger partial charge in [0.25, 0.3) is 0 Å². The van der Waals surface area contributed by atoms with Crippen LogP contribution < -0.4 is 0 Å². The molecule has 7 nitrogen and oxygen atoms in total. The second kappa shape index (κ2) is 8.60. The molecule has 2 amide bonds. The summed E-state index contributed by atoms with van der Waals surface area (Å²) >= 11 is 0. The first-order chi connectivity index (χ1) is 16.2. The first-order valence-electron chi connectivity index (χ1n) is 12.4. The van der Waals surface area contributed by atoms with E-state index in [1.54, 1.807) is 9.80 Å². The lowest BCUT2D eigenvalue weighted by Gasteiger charge is -2.38. The number of carbonyl (C=O) groups excluding carboxylic acids is 2. The molecule has 7 heteroatoms. The molecule has 5 rings (SSSR count). The molecule has 1 aromatic heterocycles. The molecule has 0 bridgehead atoms. The van der Waals surface area contributed by atoms with Crippen LogP contribution in [0.4, 0.5) is 4.79 Å². The summed E-state index contributed by atoms with van der Waals surface area (Å²) in [6, 6.07) is 8.51. The van der Waals surface area contributed by atoms with Gasteiger partial charge >= 0.3 is 6.09 Å². The summed E-state index contributed by atoms with van der Waals surface area (Å²) in [4.78, 5) is 29.2. The highest BCUT2D eigenvalue weighted by Crippen LogP contribution is 2.39. The van der Waals surface area contributed by atoms with Crippen molar-refractivity contribution in [1.82, 2.24) is 19.6 Å². The SMILES string of the molecule is C=CC(=O)N1CCc2nn(-c3ccc(C4CCC4)cc3)c3c2[C@H](C1)N(C(=O)OC(C)(C)C)CC3. The number of hydrogen-bond acceptors (Lipinski definition) is 4. The van der Waals surface area contributed by atoms with Crippen LogP contribution in [0.1, 0.15) is 74.5 Å². The summed E-state index contributed by atoms with van der Waals surface area (Å²) in [7, 11) is 0. The van der Waals surface area contributed by atoms with Crippen LogP contribution in [0.15, 0.2) is 36.9 Å². The molecule has 34 heavy (non-hydrogen) atoms. The van der Waals surface area contributed by atoms with Crippen LogP contribution in [0.3, 0.4) is 0 Å². The van der Waals surface area contributed by atoms with Gasteiger partial charge in [-0.25, -0.2) is 9.48 Å². The molecule has 1 fully saturated rings. The van der Waals surface area contributed by atoms with Crippen molar-refractivity contribution < 1.29 is 14.3 Å². The Labute approximate surface area is 201 Å². The van der Waals surface area contributed by atoms with Crippen molar-refractivity contribution >= 4 is 12.0 Å². The Morgan fingerprint density at radius 1 is 1.12 bits per heavy atom. The molecular weight excluding hydrogens is 428 g/mol. The quantitative estimate of drug-likeness (QED) is 0.628. The Morgan fingerprint density at radius 3 is 2.47 bits per heavy atom. The number of rotatable bonds is 3. The van der Waals surface area contributed by atoms with Gasteiger partial charge in [0, 0.05) is 38.0 Å². The summed E-state index contributed by atoms with van der Waals surface area (Å²) < 4.78 is 7.79. The van der Waals surface area contributed by atoms with Gasteiger partial charge in [0.2, 0.25) is 5.91 Å². The molecule has 0 unspecified atom stereocenters. The van der Waals surface area contributed by atoms with Crippen LogP contribution in [0, 0.1) is 0 Å². The number of aromatic nitrogens is 2. The topological polar surface area (TPSA) is 67.7 Å². The number of amides is 2. The summed E-state index contributed by atoms with van der Waals surface area (Å²) in [6.07, 6.45) is 6.22. The Bertz CT molecular complexity index is 1110. The van der Waals surface area contributed by atoms with E-state index in [1.165, 1.54) is 30.9 Å². The fourth-order valence-electron chi connectivity index (χ4n) is 5.31. The van der Waals surface area contributed by atoms with E-state index in [9.17, 15) is 9.59 Å². The average Bonchev–Trinajstić information content (AvgIpc) is 3.01. The van der Waals surface area contributed by atoms with E-state index in [4.69, 9.17) is 9.84 Å². The maximum atomic E-state index is 13.2. The van der Waals surface area contributed by atoms with Crippen LogP contribution in [0.5, 0.6) is 0 Å². The molecule has 2 aromatic rings. The lowest BCUT2D eigenvalue weighted by atomic mass is 9.80. The average molecular weight is 463 g/mol. The van der Waals surface area contributed by atoms with E-state index in [0.29, 0.717) is 38.4 Å². The maximum absolute atomic E-state index is 13.2. The van der Waals surface area contributed by atoms with Crippen molar-refractivity contribution in [2.24, 2.45) is 0 Å². The summed E-state index contributed by atoms with van der Waals surface area (Å²) in [5.74, 6) is 0.572. The molecule has 3 heterocycles. The molecule has 3 aliphatic rings. The minimum atomic E-state index is -0.589. The summed E-state index contributed by atoms with van der Waals surface area (Å²) in [6.45, 7) is 10.8. The third-order valence-electron chi connectivity index (χ3n) is 7.24. The minimum absolute atomic E-state index is 0.124. The third-order valence-corrected chi connectivity index (χ3v) is 7.24. The van der Waals surface area contributed by atoms with Crippen molar-refractivity contribution in [2.45, 2.75) is 70.4 Å². The lowest BCUT2D eigenvalue weighted by Crippen LogP contribution is -2.47. The smallest absolute Gasteiger partial charge is 0.410 e. The maximum Gasteiger partial charge on any atom is 0.410 e. The summed E-state index contributed by atoms with van der Waals surface area (Å²) in [5, 5.41) is 5.01. The number of carbonyl (C=O) groups is 2. The largest absolute Gasteiger partial charge is 0.444 e. The molecule has 0 radical (unpaired) electrons. The predicted octanol–water partition coefficient (Wildman–Crippen LogP) is 4.54. The van der Waals surface area contributed by atoms with Crippen LogP contribution in [0.25, 0.3) is 5.69 Å². The highest BCUT2D eigenvalue weighted by molar-refractivity contribution is 5.87. The zero-order chi connectivity index (χ0) is 24.0. The van der Waals surface area contributed by atoms with E-state index in [2.05, 4.69) is 35.5 Å². The van der Waals surface area contributed by atoms with Crippen LogP contribution >= 0.6 is 0 Å². The molecular formula is C27H34N4O3. The molecule has 1 atom stereocenters. The van der Waals surface area contributed by atoms with Crippen LogP contribution in [-0.4, -0.2) is 56.8 Å². The first-order valence-corrected chi connectivity index (χ1v) is 12.4. The molecule has 1 aromatic carbocycles. The minimum Gasteiger partial charge on any atom is -0.444 e. The molecule has 0 spiro atoms. The molecule has 0 saturated heterocycles. The zero-order valence-corrected chi connectivity index (χ0v) is 20.4. The second-order valence-electron chi connectivity index (χ2n) is 10.6. The molecule has 0 N–H and O–H groups in total. The molecule has 1 aliphatic carbocycles. The van der Waals surface area contributed by atoms with Crippen molar-refractivity contribution in [3.05, 3.63) is 59.4 Å². The van der Waals surface area contributed by atoms with E-state index in [0.717, 1.165) is 22.6 Å². The fourth-order valence-corrected chi connectivity index (χ4v) is 5.31. The number of benzene rings is 1. The van der Waals surface area contributed by atoms with Gasteiger partial charge in [-0.3, -0.25) is 9.69 Å². The van der Waals surface area contributed by atoms with Crippen molar-refractivity contribution in [3.8, 4) is 5.69 Å². The Balaban J connectivity index is 1.52. The van der Waals surface area contributed by atoms with Crippen LogP contribution in [-0.2, 0) is 22.4 Å². The van der Waals surface area contributed by atoms with E-state index in [1.807, 2.05) is 20.8 Å². The number of ether oxygens (including phenoxy) is 1. The van der Waals surface area contributed by atoms with Gasteiger partial charge in [0.15, 0.2) is 0 Å². The molecule has 180 valence electrons. The van der Waals surface area contributed by atoms with Gasteiger partial charge in [-0.2, -0.15) is 5.10 Å². The number of nitrogens with zero attached hydrogens (tertiary/aromatic N) is 4. The standard InChI is InChI=1S/C27H34N4O3/c1-5-24(32)29-15-13-21-25-22(14-16-30(23(25)17-29)26(33)34-27(2,3)4)31(28-21)20-11-9-19(10-12-20)18-7-6-8-18/h5,9-12,18,23H,1,6-8,13-17H2,2-4H3/t23-/m0/s1. The van der Waals surface area contributed by atoms with E-state index < -0.39 is 5.60 Å². The van der Waals surface area contributed by atoms with Gasteiger partial charge in [0.1, 0.15) is 5.60 Å². The van der Waals surface area contributed by atoms with Gasteiger partial charge in [-0.1, -0.05) is 25.1 Å². The van der Waals surface area contributed by atoms with Gasteiger partial charge in [-0.05, 0) is 63.3 Å². The first kappa shape index (κ1) is 22.7. The molecule has 1 saturated carbocycles. The van der Waals surface area contributed by atoms with Gasteiger partial charge < -0.3 is 9.64 Å². The van der Waals surface area contributed by atoms with E-state index in [-0.39, 0.29) is 18.0 Å². The van der Waals surface area contributed by atoms with Crippen molar-refractivity contribution in [2.75, 3.05) is 19.6 Å². The zero-order valence-electron chi connectivity index (χ0n) is 20.4. The van der Waals surface area contributed by atoms with Crippen LogP contribution in [0.2, 0.25) is 0 Å². The highest BCUT2D eigenvalue weighted by atomic mass is 16.6. The molecule has 2 aliphatic heterocycles. The van der Waals surface area contributed by atoms with E-state index >= 15 is 0 Å². The predicted molar refractivity (Wildman–Crippen MR) is 130 cm³/mol. The Morgan fingerprint density at radius 2 is 1.85 bits per heavy atom. The highest BCUT2D eigenvalue weighted by Gasteiger charge is 2.41. The normalized spacial score (nSPS) is 20.3. The lowest BCUT2D eigenvalue weighted by molar-refractivity contribution is -0.126. The third kappa shape index (κ3) is 4.12. The Kier molecular flexibility index (Phi) is 5.74. The summed E-state index contributed by atoms with van der Waals surface area (Å²) in [5.41, 5.74) is 5.02. The Hall–Kier alpha value is -3.09.